The van der Waals surface area contributed by atoms with Crippen molar-refractivity contribution in [2.75, 3.05) is 5.32 Å². The van der Waals surface area contributed by atoms with E-state index in [1.807, 2.05) is 26.8 Å². The van der Waals surface area contributed by atoms with E-state index in [4.69, 9.17) is 6.42 Å². The minimum atomic E-state index is 0.244. The number of nitrogens with one attached hydrogen (secondary N) is 1. The Kier molecular flexibility index (Phi) is 3.47. The lowest BCUT2D eigenvalue weighted by Gasteiger charge is -2.12. The first-order valence-electron chi connectivity index (χ1n) is 4.64. The lowest BCUT2D eigenvalue weighted by molar-refractivity contribution is 0.816. The smallest absolute Gasteiger partial charge is 0.130 e. The molecule has 0 amide bonds. The van der Waals surface area contributed by atoms with Gasteiger partial charge < -0.3 is 5.32 Å². The Labute approximate surface area is 85.0 Å². The van der Waals surface area contributed by atoms with Gasteiger partial charge in [0, 0.05) is 24.2 Å². The van der Waals surface area contributed by atoms with E-state index in [0.29, 0.717) is 6.42 Å². The molecular formula is C11H15N3. The van der Waals surface area contributed by atoms with E-state index in [9.17, 15) is 0 Å². The van der Waals surface area contributed by atoms with Crippen molar-refractivity contribution in [3.05, 3.63) is 17.6 Å². The maximum atomic E-state index is 5.22. The largest absolute Gasteiger partial charge is 0.367 e. The summed E-state index contributed by atoms with van der Waals surface area (Å²) in [5, 5.41) is 3.23. The van der Waals surface area contributed by atoms with E-state index in [2.05, 4.69) is 21.2 Å². The highest BCUT2D eigenvalue weighted by atomic mass is 15.0. The second-order valence-corrected chi connectivity index (χ2v) is 3.40. The zero-order valence-corrected chi connectivity index (χ0v) is 8.83. The zero-order valence-electron chi connectivity index (χ0n) is 8.83. The number of nitrogens with zero attached hydrogens (tertiary/aromatic N) is 2. The lowest BCUT2D eigenvalue weighted by atomic mass is 10.2. The van der Waals surface area contributed by atoms with Crippen molar-refractivity contribution in [1.29, 1.82) is 0 Å². The number of rotatable bonds is 3. The minimum absolute atomic E-state index is 0.244. The molecule has 1 aromatic rings. The molecule has 0 saturated heterocycles. The van der Waals surface area contributed by atoms with Gasteiger partial charge in [0.15, 0.2) is 0 Å². The van der Waals surface area contributed by atoms with Crippen molar-refractivity contribution < 1.29 is 0 Å². The van der Waals surface area contributed by atoms with Gasteiger partial charge in [-0.05, 0) is 20.8 Å². The molecule has 0 radical (unpaired) electrons. The summed E-state index contributed by atoms with van der Waals surface area (Å²) in [6, 6.07) is 2.16. The molecule has 0 aliphatic carbocycles. The molecule has 1 atom stereocenters. The maximum Gasteiger partial charge on any atom is 0.130 e. The molecule has 0 aromatic carbocycles. The second kappa shape index (κ2) is 4.61. The molecule has 0 saturated carbocycles. The van der Waals surface area contributed by atoms with Crippen molar-refractivity contribution in [2.24, 2.45) is 0 Å². The Morgan fingerprint density at radius 1 is 1.50 bits per heavy atom. The van der Waals surface area contributed by atoms with Crippen molar-refractivity contribution >= 4 is 5.82 Å². The third-order valence-electron chi connectivity index (χ3n) is 1.78. The first kappa shape index (κ1) is 10.5. The Morgan fingerprint density at radius 2 is 2.21 bits per heavy atom. The molecule has 0 spiro atoms. The summed E-state index contributed by atoms with van der Waals surface area (Å²) in [6.07, 6.45) is 5.92. The number of anilines is 1. The minimum Gasteiger partial charge on any atom is -0.367 e. The molecule has 0 aliphatic heterocycles. The fraction of sp³-hybridized carbons (Fsp3) is 0.455. The molecule has 0 fully saturated rings. The topological polar surface area (TPSA) is 37.8 Å². The standard InChI is InChI=1S/C11H15N3/c1-5-6-8(2)13-11-7-9(3)12-10(4)14-11/h1,7-8H,6H2,2-4H3,(H,12,13,14). The van der Waals surface area contributed by atoms with Gasteiger partial charge >= 0.3 is 0 Å². The van der Waals surface area contributed by atoms with Crippen molar-refractivity contribution in [3.8, 4) is 12.3 Å². The van der Waals surface area contributed by atoms with Gasteiger partial charge in [-0.1, -0.05) is 0 Å². The summed E-state index contributed by atoms with van der Waals surface area (Å²) in [5.41, 5.74) is 0.966. The van der Waals surface area contributed by atoms with Crippen LogP contribution in [0.2, 0.25) is 0 Å². The molecule has 1 N–H and O–H groups in total. The highest BCUT2D eigenvalue weighted by Gasteiger charge is 2.02. The fourth-order valence-electron chi connectivity index (χ4n) is 1.27. The van der Waals surface area contributed by atoms with Crippen LogP contribution >= 0.6 is 0 Å². The molecule has 1 rings (SSSR count). The number of hydrogen-bond donors (Lipinski definition) is 1. The Balaban J connectivity index is 2.72. The first-order chi connectivity index (χ1) is 6.61. The molecule has 74 valence electrons. The van der Waals surface area contributed by atoms with Crippen LogP contribution in [0.4, 0.5) is 5.82 Å². The van der Waals surface area contributed by atoms with Crippen LogP contribution in [-0.4, -0.2) is 16.0 Å². The van der Waals surface area contributed by atoms with Crippen LogP contribution in [0.15, 0.2) is 6.07 Å². The molecule has 14 heavy (non-hydrogen) atoms. The summed E-state index contributed by atoms with van der Waals surface area (Å²) in [7, 11) is 0. The van der Waals surface area contributed by atoms with E-state index in [1.165, 1.54) is 0 Å². The average molecular weight is 189 g/mol. The molecule has 1 heterocycles. The molecule has 3 heteroatoms. The van der Waals surface area contributed by atoms with Gasteiger partial charge in [0.25, 0.3) is 0 Å². The predicted octanol–water partition coefficient (Wildman–Crippen LogP) is 1.92. The monoisotopic (exact) mass is 189 g/mol. The van der Waals surface area contributed by atoms with Crippen LogP contribution in [0.5, 0.6) is 0 Å². The number of terminal acetylenes is 1. The Hall–Kier alpha value is -1.56. The van der Waals surface area contributed by atoms with Gasteiger partial charge in [0.05, 0.1) is 0 Å². The molecule has 0 aliphatic rings. The highest BCUT2D eigenvalue weighted by molar-refractivity contribution is 5.36. The molecule has 3 nitrogen and oxygen atoms in total. The molecule has 1 unspecified atom stereocenters. The van der Waals surface area contributed by atoms with Crippen LogP contribution < -0.4 is 5.32 Å². The van der Waals surface area contributed by atoms with Crippen LogP contribution in [0.25, 0.3) is 0 Å². The third-order valence-corrected chi connectivity index (χ3v) is 1.78. The normalized spacial score (nSPS) is 11.9. The zero-order chi connectivity index (χ0) is 10.6. The summed E-state index contributed by atoms with van der Waals surface area (Å²) in [6.45, 7) is 5.86. The van der Waals surface area contributed by atoms with Crippen molar-refractivity contribution in [1.82, 2.24) is 9.97 Å². The maximum absolute atomic E-state index is 5.22. The molecule has 0 bridgehead atoms. The first-order valence-corrected chi connectivity index (χ1v) is 4.64. The van der Waals surface area contributed by atoms with Crippen LogP contribution in [-0.2, 0) is 0 Å². The number of aromatic nitrogens is 2. The van der Waals surface area contributed by atoms with Gasteiger partial charge in [-0.3, -0.25) is 0 Å². The quantitative estimate of drug-likeness (QED) is 0.738. The lowest BCUT2D eigenvalue weighted by Crippen LogP contribution is -2.15. The third kappa shape index (κ3) is 3.06. The van der Waals surface area contributed by atoms with Crippen LogP contribution in [0.1, 0.15) is 24.9 Å². The van der Waals surface area contributed by atoms with E-state index in [-0.39, 0.29) is 6.04 Å². The second-order valence-electron chi connectivity index (χ2n) is 3.40. The number of aryl methyl sites for hydroxylation is 2. The summed E-state index contributed by atoms with van der Waals surface area (Å²) in [5.74, 6) is 4.23. The summed E-state index contributed by atoms with van der Waals surface area (Å²) >= 11 is 0. The van der Waals surface area contributed by atoms with E-state index in [1.54, 1.807) is 0 Å². The van der Waals surface area contributed by atoms with Gasteiger partial charge in [0.2, 0.25) is 0 Å². The van der Waals surface area contributed by atoms with Crippen molar-refractivity contribution in [2.45, 2.75) is 33.2 Å². The van der Waals surface area contributed by atoms with Crippen LogP contribution in [0, 0.1) is 26.2 Å². The van der Waals surface area contributed by atoms with Crippen LogP contribution in [0.3, 0.4) is 0 Å². The highest BCUT2D eigenvalue weighted by Crippen LogP contribution is 2.08. The summed E-state index contributed by atoms with van der Waals surface area (Å²) in [4.78, 5) is 8.46. The van der Waals surface area contributed by atoms with Crippen molar-refractivity contribution in [3.63, 3.8) is 0 Å². The summed E-state index contributed by atoms with van der Waals surface area (Å²) < 4.78 is 0. The van der Waals surface area contributed by atoms with E-state index < -0.39 is 0 Å². The molecule has 1 aromatic heterocycles. The molecular weight excluding hydrogens is 174 g/mol. The Morgan fingerprint density at radius 3 is 2.79 bits per heavy atom. The predicted molar refractivity (Wildman–Crippen MR) is 58.0 cm³/mol. The van der Waals surface area contributed by atoms with Gasteiger partial charge in [-0.25, -0.2) is 9.97 Å². The average Bonchev–Trinajstić information content (AvgIpc) is 2.01. The number of hydrogen-bond acceptors (Lipinski definition) is 3. The van der Waals surface area contributed by atoms with E-state index in [0.717, 1.165) is 17.3 Å². The Bertz CT molecular complexity index is 332. The van der Waals surface area contributed by atoms with E-state index >= 15 is 0 Å². The van der Waals surface area contributed by atoms with Gasteiger partial charge in [0.1, 0.15) is 11.6 Å². The van der Waals surface area contributed by atoms with Gasteiger partial charge in [-0.15, -0.1) is 12.3 Å². The fourth-order valence-corrected chi connectivity index (χ4v) is 1.27. The SMILES string of the molecule is C#CCC(C)Nc1cc(C)nc(C)n1. The van der Waals surface area contributed by atoms with Gasteiger partial charge in [-0.2, -0.15) is 0 Å².